The lowest BCUT2D eigenvalue weighted by Crippen LogP contribution is -2.21. The molecule has 0 radical (unpaired) electrons. The number of fused-ring (bicyclic) bond motifs is 2. The van der Waals surface area contributed by atoms with Gasteiger partial charge in [-0.25, -0.2) is 8.42 Å². The van der Waals surface area contributed by atoms with E-state index in [9.17, 15) is 18.3 Å². The molecule has 1 aliphatic rings. The van der Waals surface area contributed by atoms with Crippen molar-refractivity contribution in [1.29, 1.82) is 0 Å². The Hall–Kier alpha value is -2.64. The highest BCUT2D eigenvalue weighted by Crippen LogP contribution is 2.40. The van der Waals surface area contributed by atoms with Crippen LogP contribution in [-0.2, 0) is 21.2 Å². The van der Waals surface area contributed by atoms with Gasteiger partial charge in [-0.3, -0.25) is 4.79 Å². The van der Waals surface area contributed by atoms with Crippen molar-refractivity contribution in [2.45, 2.75) is 24.3 Å². The third-order valence-electron chi connectivity index (χ3n) is 4.49. The molecule has 1 atom stereocenters. The fourth-order valence-electron chi connectivity index (χ4n) is 3.46. The van der Waals surface area contributed by atoms with Gasteiger partial charge in [-0.05, 0) is 30.7 Å². The minimum absolute atomic E-state index is 0.205. The van der Waals surface area contributed by atoms with E-state index in [0.29, 0.717) is 16.8 Å². The smallest absolute Gasteiger partial charge is 0.309 e. The number of aromatic nitrogens is 1. The van der Waals surface area contributed by atoms with E-state index < -0.39 is 22.0 Å². The molecule has 7 heteroatoms. The van der Waals surface area contributed by atoms with Gasteiger partial charge in [-0.2, -0.15) is 4.72 Å². The van der Waals surface area contributed by atoms with Crippen LogP contribution in [0.25, 0.3) is 10.9 Å². The normalized spacial score (nSPS) is 18.4. The number of aliphatic carboxylic acids is 1. The molecular formula is C18H16N2O4S. The second-order valence-corrected chi connectivity index (χ2v) is 7.91. The number of H-pyrrole nitrogens is 1. The zero-order chi connectivity index (χ0) is 17.8. The molecule has 3 aromatic rings. The monoisotopic (exact) mass is 356 g/mol. The number of carboxylic acids is 1. The van der Waals surface area contributed by atoms with Crippen LogP contribution in [0.1, 0.15) is 28.4 Å². The number of rotatable bonds is 3. The minimum Gasteiger partial charge on any atom is -0.481 e. The molecular weight excluding hydrogens is 340 g/mol. The van der Waals surface area contributed by atoms with E-state index in [-0.39, 0.29) is 11.3 Å². The molecule has 4 rings (SSSR count). The van der Waals surface area contributed by atoms with Crippen LogP contribution in [0.15, 0.2) is 47.4 Å². The summed E-state index contributed by atoms with van der Waals surface area (Å²) in [7, 11) is -3.62. The van der Waals surface area contributed by atoms with Crippen molar-refractivity contribution in [3.63, 3.8) is 0 Å². The fraction of sp³-hybridized carbons (Fsp3) is 0.167. The van der Waals surface area contributed by atoms with E-state index in [1.807, 2.05) is 25.1 Å². The van der Waals surface area contributed by atoms with Gasteiger partial charge < -0.3 is 10.1 Å². The van der Waals surface area contributed by atoms with Crippen molar-refractivity contribution >= 4 is 26.9 Å². The molecule has 0 bridgehead atoms. The Morgan fingerprint density at radius 2 is 1.96 bits per heavy atom. The van der Waals surface area contributed by atoms with Crippen LogP contribution in [0.5, 0.6) is 0 Å². The van der Waals surface area contributed by atoms with Crippen LogP contribution < -0.4 is 4.72 Å². The van der Waals surface area contributed by atoms with Gasteiger partial charge in [-0.15, -0.1) is 0 Å². The Kier molecular flexibility index (Phi) is 3.45. The van der Waals surface area contributed by atoms with E-state index in [1.54, 1.807) is 24.3 Å². The molecule has 1 aliphatic heterocycles. The molecule has 3 N–H and O–H groups in total. The predicted molar refractivity (Wildman–Crippen MR) is 93.0 cm³/mol. The first-order valence-corrected chi connectivity index (χ1v) is 9.29. The lowest BCUT2D eigenvalue weighted by Gasteiger charge is -2.13. The number of nitrogens with one attached hydrogen (secondary N) is 2. The maximum absolute atomic E-state index is 12.5. The van der Waals surface area contributed by atoms with Crippen molar-refractivity contribution in [3.05, 3.63) is 64.8 Å². The van der Waals surface area contributed by atoms with E-state index in [0.717, 1.165) is 16.5 Å². The molecule has 6 nitrogen and oxygen atoms in total. The predicted octanol–water partition coefficient (Wildman–Crippen LogP) is 2.48. The molecule has 0 saturated carbocycles. The van der Waals surface area contributed by atoms with Crippen molar-refractivity contribution < 1.29 is 18.3 Å². The number of carbonyl (C=O) groups is 1. The Labute approximate surface area is 144 Å². The Bertz CT molecular complexity index is 1120. The number of aromatic amines is 1. The van der Waals surface area contributed by atoms with Gasteiger partial charge in [0.1, 0.15) is 0 Å². The zero-order valence-electron chi connectivity index (χ0n) is 13.4. The van der Waals surface area contributed by atoms with E-state index >= 15 is 0 Å². The highest BCUT2D eigenvalue weighted by molar-refractivity contribution is 7.89. The van der Waals surface area contributed by atoms with Gasteiger partial charge >= 0.3 is 5.97 Å². The van der Waals surface area contributed by atoms with Gasteiger partial charge in [-0.1, -0.05) is 29.8 Å². The number of hydrogen-bond donors (Lipinski definition) is 3. The van der Waals surface area contributed by atoms with Crippen LogP contribution in [0.4, 0.5) is 0 Å². The summed E-state index contributed by atoms with van der Waals surface area (Å²) in [5.74, 6) is -0.973. The van der Waals surface area contributed by atoms with Crippen LogP contribution in [-0.4, -0.2) is 24.5 Å². The average Bonchev–Trinajstić information content (AvgIpc) is 3.01. The first-order valence-electron chi connectivity index (χ1n) is 7.81. The maximum Gasteiger partial charge on any atom is 0.309 e. The molecule has 0 aliphatic carbocycles. The Morgan fingerprint density at radius 1 is 1.20 bits per heavy atom. The van der Waals surface area contributed by atoms with Gasteiger partial charge in [0.15, 0.2) is 0 Å². The summed E-state index contributed by atoms with van der Waals surface area (Å²) in [6.45, 7) is 1.94. The van der Waals surface area contributed by atoms with Crippen LogP contribution in [0.2, 0.25) is 0 Å². The summed E-state index contributed by atoms with van der Waals surface area (Å²) in [6, 6.07) is 11.9. The topological polar surface area (TPSA) is 99.3 Å². The van der Waals surface area contributed by atoms with Gasteiger partial charge in [0.25, 0.3) is 0 Å². The van der Waals surface area contributed by atoms with E-state index in [4.69, 9.17) is 0 Å². The molecule has 128 valence electrons. The standard InChI is InChI=1S/C18H16N2O4S/c1-10-6-7-13-12(8-10)17(14(19-13)9-16(21)22)18-11-4-2-3-5-15(11)25(23,24)20-18/h2-8,18-20H,9H2,1H3,(H,21,22). The third-order valence-corrected chi connectivity index (χ3v) is 5.98. The summed E-state index contributed by atoms with van der Waals surface area (Å²) >= 11 is 0. The SMILES string of the molecule is Cc1ccc2[nH]c(CC(=O)O)c(C3NS(=O)(=O)c4ccccc43)c2c1. The largest absolute Gasteiger partial charge is 0.481 e. The van der Waals surface area contributed by atoms with Crippen LogP contribution in [0, 0.1) is 6.92 Å². The molecule has 2 aromatic carbocycles. The maximum atomic E-state index is 12.5. The third kappa shape index (κ3) is 2.52. The summed E-state index contributed by atoms with van der Waals surface area (Å²) in [5, 5.41) is 10.1. The summed E-state index contributed by atoms with van der Waals surface area (Å²) in [4.78, 5) is 14.7. The summed E-state index contributed by atoms with van der Waals surface area (Å²) < 4.78 is 27.6. The molecule has 0 fully saturated rings. The summed E-state index contributed by atoms with van der Waals surface area (Å²) in [5.41, 5.74) is 3.63. The van der Waals surface area contributed by atoms with Crippen LogP contribution in [0.3, 0.4) is 0 Å². The van der Waals surface area contributed by atoms with Gasteiger partial charge in [0.2, 0.25) is 10.0 Å². The van der Waals surface area contributed by atoms with E-state index in [2.05, 4.69) is 9.71 Å². The quantitative estimate of drug-likeness (QED) is 0.671. The number of sulfonamides is 1. The Balaban J connectivity index is 2.00. The van der Waals surface area contributed by atoms with Crippen LogP contribution >= 0.6 is 0 Å². The molecule has 0 spiro atoms. The number of hydrogen-bond acceptors (Lipinski definition) is 3. The minimum atomic E-state index is -3.62. The van der Waals surface area contributed by atoms with Crippen molar-refractivity contribution in [2.75, 3.05) is 0 Å². The van der Waals surface area contributed by atoms with Gasteiger partial charge in [0.05, 0.1) is 17.4 Å². The second kappa shape index (κ2) is 5.44. The molecule has 0 amide bonds. The molecule has 1 unspecified atom stereocenters. The van der Waals surface area contributed by atoms with Gasteiger partial charge in [0, 0.05) is 22.2 Å². The molecule has 1 aromatic heterocycles. The summed E-state index contributed by atoms with van der Waals surface area (Å²) in [6.07, 6.45) is -0.205. The lowest BCUT2D eigenvalue weighted by molar-refractivity contribution is -0.136. The highest BCUT2D eigenvalue weighted by Gasteiger charge is 2.37. The Morgan fingerprint density at radius 3 is 2.72 bits per heavy atom. The van der Waals surface area contributed by atoms with Crippen molar-refractivity contribution in [1.82, 2.24) is 9.71 Å². The first-order chi connectivity index (χ1) is 11.9. The molecule has 0 saturated heterocycles. The number of aryl methyl sites for hydroxylation is 1. The number of benzene rings is 2. The molecule has 2 heterocycles. The second-order valence-electron chi connectivity index (χ2n) is 6.23. The first kappa shape index (κ1) is 15.9. The number of carboxylic acid groups (broad SMARTS) is 1. The average molecular weight is 356 g/mol. The zero-order valence-corrected chi connectivity index (χ0v) is 14.2. The molecule has 25 heavy (non-hydrogen) atoms. The van der Waals surface area contributed by atoms with Crippen molar-refractivity contribution in [3.8, 4) is 0 Å². The van der Waals surface area contributed by atoms with Crippen molar-refractivity contribution in [2.24, 2.45) is 0 Å². The fourth-order valence-corrected chi connectivity index (χ4v) is 4.90. The lowest BCUT2D eigenvalue weighted by atomic mass is 9.95. The van der Waals surface area contributed by atoms with E-state index in [1.165, 1.54) is 0 Å². The highest BCUT2D eigenvalue weighted by atomic mass is 32.2.